The molecule has 0 radical (unpaired) electrons. The van der Waals surface area contributed by atoms with Gasteiger partial charge in [0.2, 0.25) is 0 Å². The maximum Gasteiger partial charge on any atom is 0.414 e. The van der Waals surface area contributed by atoms with Crippen molar-refractivity contribution in [2.45, 2.75) is 51.6 Å². The van der Waals surface area contributed by atoms with Gasteiger partial charge in [-0.25, -0.2) is 9.59 Å². The maximum absolute atomic E-state index is 12.6. The molecule has 0 spiro atoms. The van der Waals surface area contributed by atoms with Crippen LogP contribution in [0.25, 0.3) is 0 Å². The molecule has 0 aromatic heterocycles. The normalized spacial score (nSPS) is 17.5. The van der Waals surface area contributed by atoms with Gasteiger partial charge in [-0.3, -0.25) is 4.90 Å². The summed E-state index contributed by atoms with van der Waals surface area (Å²) >= 11 is 0. The lowest BCUT2D eigenvalue weighted by molar-refractivity contribution is -0.137. The number of ether oxygens (including phenoxy) is 2. The highest BCUT2D eigenvalue weighted by atomic mass is 28.4. The van der Waals surface area contributed by atoms with Crippen LogP contribution in [0, 0.1) is 0 Å². The molecule has 7 heteroatoms. The second-order valence-corrected chi connectivity index (χ2v) is 12.9. The van der Waals surface area contributed by atoms with Crippen molar-refractivity contribution in [3.05, 3.63) is 47.7 Å². The van der Waals surface area contributed by atoms with Crippen LogP contribution in [0.15, 0.2) is 42.1 Å². The molecule has 1 atom stereocenters. The minimum absolute atomic E-state index is 0.0213. The SMILES string of the molecule is COC(=O)C1=C[C@@H](O[Si](C)(C)C(C)(C)C)CN1C(=O)OCc1ccccc1. The quantitative estimate of drug-likeness (QED) is 0.559. The molecule has 0 saturated heterocycles. The first kappa shape index (κ1) is 21.2. The molecule has 148 valence electrons. The lowest BCUT2D eigenvalue weighted by Crippen LogP contribution is -2.45. The van der Waals surface area contributed by atoms with Gasteiger partial charge in [-0.05, 0) is 29.8 Å². The van der Waals surface area contributed by atoms with Gasteiger partial charge in [0, 0.05) is 0 Å². The zero-order valence-electron chi connectivity index (χ0n) is 16.9. The van der Waals surface area contributed by atoms with Crippen molar-refractivity contribution in [3.63, 3.8) is 0 Å². The molecule has 0 fully saturated rings. The van der Waals surface area contributed by atoms with Gasteiger partial charge in [0.05, 0.1) is 19.8 Å². The van der Waals surface area contributed by atoms with Crippen LogP contribution in [0.1, 0.15) is 26.3 Å². The number of amides is 1. The van der Waals surface area contributed by atoms with Crippen LogP contribution >= 0.6 is 0 Å². The summed E-state index contributed by atoms with van der Waals surface area (Å²) in [6.45, 7) is 11.1. The minimum atomic E-state index is -2.06. The Kier molecular flexibility index (Phi) is 6.49. The van der Waals surface area contributed by atoms with Gasteiger partial charge < -0.3 is 13.9 Å². The van der Waals surface area contributed by atoms with Gasteiger partial charge in [0.15, 0.2) is 8.32 Å². The Bertz CT molecular complexity index is 709. The topological polar surface area (TPSA) is 65.1 Å². The van der Waals surface area contributed by atoms with E-state index in [-0.39, 0.29) is 30.0 Å². The third-order valence-corrected chi connectivity index (χ3v) is 9.57. The van der Waals surface area contributed by atoms with Crippen molar-refractivity contribution in [1.82, 2.24) is 4.90 Å². The van der Waals surface area contributed by atoms with Crippen molar-refractivity contribution < 1.29 is 23.5 Å². The van der Waals surface area contributed by atoms with E-state index in [0.717, 1.165) is 5.56 Å². The van der Waals surface area contributed by atoms with Crippen LogP contribution in [0.2, 0.25) is 18.1 Å². The second kappa shape index (κ2) is 8.27. The molecule has 1 heterocycles. The highest BCUT2D eigenvalue weighted by Gasteiger charge is 2.42. The summed E-state index contributed by atoms with van der Waals surface area (Å²) < 4.78 is 16.5. The van der Waals surface area contributed by atoms with Crippen molar-refractivity contribution in [2.75, 3.05) is 13.7 Å². The number of benzene rings is 1. The molecule has 1 aliphatic heterocycles. The van der Waals surface area contributed by atoms with E-state index < -0.39 is 20.4 Å². The molecule has 1 aromatic carbocycles. The van der Waals surface area contributed by atoms with Crippen molar-refractivity contribution in [3.8, 4) is 0 Å². The number of esters is 1. The first-order valence-electron chi connectivity index (χ1n) is 9.01. The Morgan fingerprint density at radius 2 is 1.81 bits per heavy atom. The van der Waals surface area contributed by atoms with Crippen LogP contribution in [0.5, 0.6) is 0 Å². The van der Waals surface area contributed by atoms with E-state index >= 15 is 0 Å². The summed E-state index contributed by atoms with van der Waals surface area (Å²) in [6, 6.07) is 9.39. The Morgan fingerprint density at radius 3 is 2.37 bits per heavy atom. The molecule has 27 heavy (non-hydrogen) atoms. The average Bonchev–Trinajstić information content (AvgIpc) is 3.02. The zero-order chi connectivity index (χ0) is 20.2. The lowest BCUT2D eigenvalue weighted by Gasteiger charge is -2.38. The molecule has 0 N–H and O–H groups in total. The fourth-order valence-corrected chi connectivity index (χ4v) is 3.73. The number of nitrogens with zero attached hydrogens (tertiary/aromatic N) is 1. The van der Waals surface area contributed by atoms with E-state index in [9.17, 15) is 9.59 Å². The van der Waals surface area contributed by atoms with E-state index in [1.54, 1.807) is 6.08 Å². The van der Waals surface area contributed by atoms with Gasteiger partial charge in [-0.2, -0.15) is 0 Å². The average molecular weight is 392 g/mol. The second-order valence-electron chi connectivity index (χ2n) is 8.11. The highest BCUT2D eigenvalue weighted by Crippen LogP contribution is 2.38. The van der Waals surface area contributed by atoms with Gasteiger partial charge in [-0.1, -0.05) is 51.1 Å². The predicted molar refractivity (Wildman–Crippen MR) is 106 cm³/mol. The van der Waals surface area contributed by atoms with Crippen LogP contribution in [0.3, 0.4) is 0 Å². The smallest absolute Gasteiger partial charge is 0.414 e. The monoisotopic (exact) mass is 391 g/mol. The predicted octanol–water partition coefficient (Wildman–Crippen LogP) is 4.09. The number of carbonyl (C=O) groups is 2. The van der Waals surface area contributed by atoms with Crippen molar-refractivity contribution >= 4 is 20.4 Å². The van der Waals surface area contributed by atoms with Crippen molar-refractivity contribution in [2.24, 2.45) is 0 Å². The minimum Gasteiger partial charge on any atom is -0.464 e. The largest absolute Gasteiger partial charge is 0.464 e. The third kappa shape index (κ3) is 5.20. The van der Waals surface area contributed by atoms with E-state index in [1.165, 1.54) is 12.0 Å². The van der Waals surface area contributed by atoms with E-state index in [4.69, 9.17) is 13.9 Å². The molecule has 1 amide bonds. The number of hydrogen-bond donors (Lipinski definition) is 0. The summed E-state index contributed by atoms with van der Waals surface area (Å²) in [4.78, 5) is 26.0. The third-order valence-electron chi connectivity index (χ3n) is 5.07. The van der Waals surface area contributed by atoms with Gasteiger partial charge >= 0.3 is 12.1 Å². The number of rotatable bonds is 5. The summed E-state index contributed by atoms with van der Waals surface area (Å²) in [7, 11) is -0.765. The van der Waals surface area contributed by atoms with Crippen LogP contribution in [-0.2, 0) is 25.3 Å². The summed E-state index contributed by atoms with van der Waals surface area (Å²) in [5.74, 6) is -0.576. The fraction of sp³-hybridized carbons (Fsp3) is 0.500. The van der Waals surface area contributed by atoms with Crippen molar-refractivity contribution in [1.29, 1.82) is 0 Å². The fourth-order valence-electron chi connectivity index (χ4n) is 2.48. The highest BCUT2D eigenvalue weighted by molar-refractivity contribution is 6.74. The molecule has 0 bridgehead atoms. The lowest BCUT2D eigenvalue weighted by atomic mass is 10.2. The number of hydrogen-bond acceptors (Lipinski definition) is 5. The van der Waals surface area contributed by atoms with E-state index in [2.05, 4.69) is 33.9 Å². The standard InChI is InChI=1S/C20H29NO5Si/c1-20(2,3)27(5,6)26-16-12-17(18(22)24-4)21(13-16)19(23)25-14-15-10-8-7-9-11-15/h7-12,16H,13-14H2,1-6H3/t16-/m1/s1. The molecule has 1 aromatic rings. The summed E-state index contributed by atoms with van der Waals surface area (Å²) in [5, 5.41) is 0.0213. The molecule has 2 rings (SSSR count). The summed E-state index contributed by atoms with van der Waals surface area (Å²) in [5.41, 5.74) is 1.04. The first-order chi connectivity index (χ1) is 12.5. The van der Waals surface area contributed by atoms with Gasteiger partial charge in [0.25, 0.3) is 0 Å². The molecule has 0 saturated carbocycles. The molecular formula is C20H29NO5Si. The Balaban J connectivity index is 2.10. The molecule has 0 unspecified atom stereocenters. The molecule has 6 nitrogen and oxygen atoms in total. The van der Waals surface area contributed by atoms with Crippen LogP contribution in [-0.4, -0.2) is 45.0 Å². The van der Waals surface area contributed by atoms with E-state index in [1.807, 2.05) is 30.3 Å². The number of methoxy groups -OCH3 is 1. The summed E-state index contributed by atoms with van der Waals surface area (Å²) in [6.07, 6.45) is 0.719. The first-order valence-corrected chi connectivity index (χ1v) is 11.9. The van der Waals surface area contributed by atoms with Gasteiger partial charge in [-0.15, -0.1) is 0 Å². The molecule has 1 aliphatic rings. The molecular weight excluding hydrogens is 362 g/mol. The van der Waals surface area contributed by atoms with Crippen LogP contribution < -0.4 is 0 Å². The Labute approximate surface area is 162 Å². The van der Waals surface area contributed by atoms with Gasteiger partial charge in [0.1, 0.15) is 12.3 Å². The zero-order valence-corrected chi connectivity index (χ0v) is 17.9. The Morgan fingerprint density at radius 1 is 1.19 bits per heavy atom. The van der Waals surface area contributed by atoms with E-state index in [0.29, 0.717) is 0 Å². The molecule has 0 aliphatic carbocycles. The maximum atomic E-state index is 12.6. The number of carbonyl (C=O) groups excluding carboxylic acids is 2. The van der Waals surface area contributed by atoms with Crippen LogP contribution in [0.4, 0.5) is 4.79 Å². The Hall–Kier alpha value is -2.12.